The van der Waals surface area contributed by atoms with E-state index < -0.39 is 21.9 Å². The summed E-state index contributed by atoms with van der Waals surface area (Å²) in [6, 6.07) is 6.54. The Morgan fingerprint density at radius 3 is 2.45 bits per heavy atom. The average Bonchev–Trinajstić information content (AvgIpc) is 2.68. The fraction of sp³-hybridized carbons (Fsp3) is 0.286. The minimum Gasteiger partial charge on any atom is -0.466 e. The van der Waals surface area contributed by atoms with Crippen molar-refractivity contribution in [3.05, 3.63) is 53.2 Å². The van der Waals surface area contributed by atoms with Crippen molar-refractivity contribution in [2.75, 3.05) is 0 Å². The molecular formula is C14H16FNO3S. The van der Waals surface area contributed by atoms with Gasteiger partial charge in [0, 0.05) is 11.6 Å². The first-order chi connectivity index (χ1) is 9.31. The highest BCUT2D eigenvalue weighted by atomic mass is 32.2. The fourth-order valence-electron chi connectivity index (χ4n) is 2.10. The first-order valence-electron chi connectivity index (χ1n) is 6.15. The van der Waals surface area contributed by atoms with Crippen molar-refractivity contribution in [3.8, 4) is 0 Å². The molecule has 0 radical (unpaired) electrons. The zero-order valence-corrected chi connectivity index (χ0v) is 12.3. The van der Waals surface area contributed by atoms with Crippen LogP contribution in [0.3, 0.4) is 0 Å². The summed E-state index contributed by atoms with van der Waals surface area (Å²) >= 11 is 0. The zero-order valence-electron chi connectivity index (χ0n) is 11.5. The number of furan rings is 1. The maximum atomic E-state index is 13.6. The van der Waals surface area contributed by atoms with E-state index in [1.165, 1.54) is 18.2 Å². The minimum atomic E-state index is -3.91. The second-order valence-electron chi connectivity index (χ2n) is 4.64. The van der Waals surface area contributed by atoms with E-state index in [4.69, 9.17) is 4.42 Å². The SMILES string of the molecule is Cc1cc(C(C)NS(=O)(=O)c2ccccc2F)c(C)o1. The number of sulfonamides is 1. The van der Waals surface area contributed by atoms with Crippen LogP contribution in [0.15, 0.2) is 39.6 Å². The molecule has 1 aromatic carbocycles. The lowest BCUT2D eigenvalue weighted by Crippen LogP contribution is -2.27. The van der Waals surface area contributed by atoms with E-state index in [0.717, 1.165) is 11.6 Å². The predicted molar refractivity (Wildman–Crippen MR) is 73.3 cm³/mol. The van der Waals surface area contributed by atoms with Crippen molar-refractivity contribution in [1.29, 1.82) is 0 Å². The molecule has 1 unspecified atom stereocenters. The van der Waals surface area contributed by atoms with Gasteiger partial charge in [-0.15, -0.1) is 0 Å². The molecule has 0 aliphatic carbocycles. The number of rotatable bonds is 4. The molecule has 1 N–H and O–H groups in total. The van der Waals surface area contributed by atoms with Crippen molar-refractivity contribution in [3.63, 3.8) is 0 Å². The molecule has 20 heavy (non-hydrogen) atoms. The largest absolute Gasteiger partial charge is 0.466 e. The molecule has 0 saturated carbocycles. The van der Waals surface area contributed by atoms with Crippen molar-refractivity contribution in [2.24, 2.45) is 0 Å². The van der Waals surface area contributed by atoms with E-state index in [1.807, 2.05) is 0 Å². The summed E-state index contributed by atoms with van der Waals surface area (Å²) in [4.78, 5) is -0.357. The van der Waals surface area contributed by atoms with Crippen LogP contribution < -0.4 is 4.72 Å². The van der Waals surface area contributed by atoms with Gasteiger partial charge in [0.25, 0.3) is 0 Å². The highest BCUT2D eigenvalue weighted by Gasteiger charge is 2.23. The Morgan fingerprint density at radius 2 is 1.90 bits per heavy atom. The number of nitrogens with one attached hydrogen (secondary N) is 1. The van der Waals surface area contributed by atoms with E-state index >= 15 is 0 Å². The van der Waals surface area contributed by atoms with Crippen LogP contribution in [-0.2, 0) is 10.0 Å². The maximum absolute atomic E-state index is 13.6. The van der Waals surface area contributed by atoms with E-state index in [2.05, 4.69) is 4.72 Å². The highest BCUT2D eigenvalue weighted by Crippen LogP contribution is 2.23. The van der Waals surface area contributed by atoms with Gasteiger partial charge in [-0.1, -0.05) is 12.1 Å². The molecule has 0 aliphatic heterocycles. The Kier molecular flexibility index (Phi) is 3.96. The summed E-state index contributed by atoms with van der Waals surface area (Å²) in [5.41, 5.74) is 0.738. The van der Waals surface area contributed by atoms with Crippen molar-refractivity contribution < 1.29 is 17.2 Å². The molecule has 1 aromatic heterocycles. The Hall–Kier alpha value is -1.66. The normalized spacial score (nSPS) is 13.4. The van der Waals surface area contributed by atoms with Crippen molar-refractivity contribution in [2.45, 2.75) is 31.7 Å². The zero-order chi connectivity index (χ0) is 14.9. The van der Waals surface area contributed by atoms with Gasteiger partial charge in [0.1, 0.15) is 22.2 Å². The van der Waals surface area contributed by atoms with Gasteiger partial charge in [-0.3, -0.25) is 0 Å². The van der Waals surface area contributed by atoms with E-state index in [1.54, 1.807) is 26.8 Å². The van der Waals surface area contributed by atoms with Crippen LogP contribution in [0.1, 0.15) is 30.0 Å². The van der Waals surface area contributed by atoms with Gasteiger partial charge in [-0.2, -0.15) is 0 Å². The second kappa shape index (κ2) is 5.38. The maximum Gasteiger partial charge on any atom is 0.244 e. The third kappa shape index (κ3) is 2.91. The summed E-state index contributed by atoms with van der Waals surface area (Å²) in [6.07, 6.45) is 0. The molecular weight excluding hydrogens is 281 g/mol. The van der Waals surface area contributed by atoms with Crippen LogP contribution in [0.4, 0.5) is 4.39 Å². The Labute approximate surface area is 117 Å². The Balaban J connectivity index is 2.29. The van der Waals surface area contributed by atoms with Gasteiger partial charge in [0.05, 0.1) is 0 Å². The van der Waals surface area contributed by atoms with Crippen LogP contribution in [0.25, 0.3) is 0 Å². The summed E-state index contributed by atoms with van der Waals surface area (Å²) in [5.74, 6) is 0.577. The number of halogens is 1. The van der Waals surface area contributed by atoms with Crippen LogP contribution in [-0.4, -0.2) is 8.42 Å². The molecule has 0 fully saturated rings. The molecule has 2 aromatic rings. The number of benzene rings is 1. The number of hydrogen-bond donors (Lipinski definition) is 1. The first kappa shape index (κ1) is 14.7. The van der Waals surface area contributed by atoms with Gasteiger partial charge >= 0.3 is 0 Å². The second-order valence-corrected chi connectivity index (χ2v) is 6.32. The molecule has 0 spiro atoms. The lowest BCUT2D eigenvalue weighted by atomic mass is 10.1. The quantitative estimate of drug-likeness (QED) is 0.943. The minimum absolute atomic E-state index is 0.357. The molecule has 0 bridgehead atoms. The predicted octanol–water partition coefficient (Wildman–Crippen LogP) is 3.08. The molecule has 1 heterocycles. The summed E-state index contributed by atoms with van der Waals surface area (Å²) in [6.45, 7) is 5.24. The lowest BCUT2D eigenvalue weighted by molar-refractivity contribution is 0.496. The summed E-state index contributed by atoms with van der Waals surface area (Å²) < 4.78 is 45.8. The molecule has 6 heteroatoms. The standard InChI is InChI=1S/C14H16FNO3S/c1-9-8-12(11(3)19-9)10(2)16-20(17,18)14-7-5-4-6-13(14)15/h4-8,10,16H,1-3H3. The fourth-order valence-corrected chi connectivity index (χ4v) is 3.40. The van der Waals surface area contributed by atoms with E-state index in [-0.39, 0.29) is 4.90 Å². The average molecular weight is 297 g/mol. The van der Waals surface area contributed by atoms with Crippen LogP contribution in [0, 0.1) is 19.7 Å². The van der Waals surface area contributed by atoms with Gasteiger partial charge in [0.2, 0.25) is 10.0 Å². The Morgan fingerprint density at radius 1 is 1.25 bits per heavy atom. The van der Waals surface area contributed by atoms with Gasteiger partial charge in [-0.05, 0) is 39.0 Å². The molecule has 4 nitrogen and oxygen atoms in total. The topological polar surface area (TPSA) is 59.3 Å². The molecule has 0 amide bonds. The van der Waals surface area contributed by atoms with Crippen LogP contribution in [0.2, 0.25) is 0 Å². The highest BCUT2D eigenvalue weighted by molar-refractivity contribution is 7.89. The van der Waals surface area contributed by atoms with Gasteiger partial charge < -0.3 is 4.42 Å². The number of aryl methyl sites for hydroxylation is 2. The van der Waals surface area contributed by atoms with Gasteiger partial charge in [-0.25, -0.2) is 17.5 Å². The molecule has 108 valence electrons. The lowest BCUT2D eigenvalue weighted by Gasteiger charge is -2.14. The smallest absolute Gasteiger partial charge is 0.244 e. The number of hydrogen-bond acceptors (Lipinski definition) is 3. The third-order valence-electron chi connectivity index (χ3n) is 3.00. The molecule has 2 rings (SSSR count). The Bertz CT molecular complexity index is 722. The molecule has 0 aliphatic rings. The van der Waals surface area contributed by atoms with E-state index in [9.17, 15) is 12.8 Å². The van der Waals surface area contributed by atoms with E-state index in [0.29, 0.717) is 11.5 Å². The van der Waals surface area contributed by atoms with Crippen molar-refractivity contribution in [1.82, 2.24) is 4.72 Å². The summed E-state index contributed by atoms with van der Waals surface area (Å²) in [7, 11) is -3.91. The first-order valence-corrected chi connectivity index (χ1v) is 7.63. The van der Waals surface area contributed by atoms with Crippen LogP contribution in [0.5, 0.6) is 0 Å². The summed E-state index contributed by atoms with van der Waals surface area (Å²) in [5, 5.41) is 0. The third-order valence-corrected chi connectivity index (χ3v) is 4.58. The van der Waals surface area contributed by atoms with Crippen LogP contribution >= 0.6 is 0 Å². The van der Waals surface area contributed by atoms with Crippen molar-refractivity contribution >= 4 is 10.0 Å². The monoisotopic (exact) mass is 297 g/mol. The van der Waals surface area contributed by atoms with Gasteiger partial charge in [0.15, 0.2) is 0 Å². The molecule has 0 saturated heterocycles. The molecule has 1 atom stereocenters.